The number of allylic oxidation sites excluding steroid dienone is 2. The molecule has 2 unspecified atom stereocenters. The summed E-state index contributed by atoms with van der Waals surface area (Å²) in [6.07, 6.45) is 0.433. The summed E-state index contributed by atoms with van der Waals surface area (Å²) in [5.41, 5.74) is 0. The van der Waals surface area contributed by atoms with Crippen LogP contribution in [0.25, 0.3) is 0 Å². The predicted molar refractivity (Wildman–Crippen MR) is 35.1 cm³/mol. The van der Waals surface area contributed by atoms with Crippen LogP contribution in [0.5, 0.6) is 0 Å². The van der Waals surface area contributed by atoms with Crippen LogP contribution >= 0.6 is 9.24 Å². The number of alkyl halides is 1. The van der Waals surface area contributed by atoms with Gasteiger partial charge in [-0.3, -0.25) is 0 Å². The van der Waals surface area contributed by atoms with Crippen LogP contribution in [-0.2, 0) is 4.74 Å². The number of rotatable bonds is 2. The van der Waals surface area contributed by atoms with E-state index in [0.29, 0.717) is 5.76 Å². The van der Waals surface area contributed by atoms with Gasteiger partial charge in [0.05, 0.1) is 5.76 Å². The molecule has 0 aliphatic carbocycles. The van der Waals surface area contributed by atoms with E-state index in [-0.39, 0.29) is 0 Å². The summed E-state index contributed by atoms with van der Waals surface area (Å²) in [7, 11) is 1.90. The maximum absolute atomic E-state index is 11.8. The van der Waals surface area contributed by atoms with E-state index in [0.717, 1.165) is 0 Å². The second-order valence-corrected chi connectivity index (χ2v) is 1.89. The number of hydrogen-bond donors (Lipinski definition) is 0. The van der Waals surface area contributed by atoms with E-state index in [9.17, 15) is 4.39 Å². The van der Waals surface area contributed by atoms with E-state index >= 15 is 0 Å². The van der Waals surface area contributed by atoms with Crippen molar-refractivity contribution < 1.29 is 9.13 Å². The van der Waals surface area contributed by atoms with Gasteiger partial charge in [0.1, 0.15) is 0 Å². The Morgan fingerprint density at radius 3 is 2.50 bits per heavy atom. The molecule has 0 spiro atoms. The van der Waals surface area contributed by atoms with E-state index in [1.807, 2.05) is 9.24 Å². The highest BCUT2D eigenvalue weighted by atomic mass is 31.0. The van der Waals surface area contributed by atoms with Crippen molar-refractivity contribution in [2.75, 3.05) is 0 Å². The van der Waals surface area contributed by atoms with Crippen LogP contribution in [0.2, 0.25) is 0 Å². The van der Waals surface area contributed by atoms with Gasteiger partial charge in [-0.2, -0.15) is 4.39 Å². The smallest absolute Gasteiger partial charge is 0.249 e. The zero-order chi connectivity index (χ0) is 6.57. The zero-order valence-corrected chi connectivity index (χ0v) is 6.17. The first kappa shape index (κ1) is 7.90. The fourth-order valence-corrected chi connectivity index (χ4v) is 0.460. The second-order valence-electron chi connectivity index (χ2n) is 1.37. The van der Waals surface area contributed by atoms with Gasteiger partial charge < -0.3 is 4.74 Å². The fraction of sp³-hybridized carbons (Fsp3) is 0.600. The molecule has 0 bridgehead atoms. The van der Waals surface area contributed by atoms with Gasteiger partial charge in [-0.15, -0.1) is 0 Å². The van der Waals surface area contributed by atoms with Crippen LogP contribution in [0.4, 0.5) is 4.39 Å². The quantitative estimate of drug-likeness (QED) is 0.417. The first-order chi connectivity index (χ1) is 3.66. The normalized spacial score (nSPS) is 15.8. The molecule has 0 radical (unpaired) electrons. The van der Waals surface area contributed by atoms with Crippen molar-refractivity contribution in [2.24, 2.45) is 0 Å². The topological polar surface area (TPSA) is 9.23 Å². The Balaban J connectivity index is 3.39. The lowest BCUT2D eigenvalue weighted by Crippen LogP contribution is -1.92. The molecule has 0 aromatic heterocycles. The summed E-state index contributed by atoms with van der Waals surface area (Å²) in [6, 6.07) is 0. The maximum Gasteiger partial charge on any atom is 0.249 e. The molecule has 48 valence electrons. The predicted octanol–water partition coefficient (Wildman–Crippen LogP) is 2.05. The SMILES string of the molecule is C/C=C(\C)OC(F)P. The van der Waals surface area contributed by atoms with E-state index in [4.69, 9.17) is 0 Å². The maximum atomic E-state index is 11.8. The van der Waals surface area contributed by atoms with Crippen LogP contribution in [-0.4, -0.2) is 6.10 Å². The van der Waals surface area contributed by atoms with E-state index in [1.165, 1.54) is 0 Å². The Labute approximate surface area is 51.1 Å². The third-order valence-electron chi connectivity index (χ3n) is 0.705. The standard InChI is InChI=1S/C5H10FOP/c1-3-4(2)7-5(6)8/h3,5H,8H2,1-2H3/b4-3+. The third kappa shape index (κ3) is 4.07. The van der Waals surface area contributed by atoms with Gasteiger partial charge in [-0.25, -0.2) is 0 Å². The van der Waals surface area contributed by atoms with Gasteiger partial charge in [0.15, 0.2) is 0 Å². The molecule has 2 atom stereocenters. The molecular formula is C5H10FOP. The number of ether oxygens (including phenoxy) is 1. The van der Waals surface area contributed by atoms with Crippen molar-refractivity contribution >= 4 is 9.24 Å². The summed E-state index contributed by atoms with van der Waals surface area (Å²) in [4.78, 5) is 0. The molecule has 0 saturated heterocycles. The van der Waals surface area contributed by atoms with Crippen LogP contribution in [0.15, 0.2) is 11.8 Å². The minimum atomic E-state index is -1.27. The van der Waals surface area contributed by atoms with Crippen molar-refractivity contribution in [3.63, 3.8) is 0 Å². The largest absolute Gasteiger partial charge is 0.462 e. The molecule has 0 aromatic rings. The van der Waals surface area contributed by atoms with Crippen LogP contribution in [0.1, 0.15) is 13.8 Å². The van der Waals surface area contributed by atoms with Gasteiger partial charge in [-0.05, 0) is 19.9 Å². The van der Waals surface area contributed by atoms with Gasteiger partial charge >= 0.3 is 0 Å². The van der Waals surface area contributed by atoms with Gasteiger partial charge in [0, 0.05) is 0 Å². The lowest BCUT2D eigenvalue weighted by molar-refractivity contribution is 0.0820. The molecule has 0 aliphatic rings. The molecule has 0 aliphatic heterocycles. The van der Waals surface area contributed by atoms with Crippen LogP contribution in [0, 0.1) is 0 Å². The molecule has 1 nitrogen and oxygen atoms in total. The third-order valence-corrected chi connectivity index (χ3v) is 0.841. The van der Waals surface area contributed by atoms with Crippen molar-refractivity contribution in [2.45, 2.75) is 19.9 Å². The summed E-state index contributed by atoms with van der Waals surface area (Å²) in [5, 5.41) is 0. The molecule has 0 amide bonds. The molecular weight excluding hydrogens is 126 g/mol. The summed E-state index contributed by atoms with van der Waals surface area (Å²) < 4.78 is 16.4. The van der Waals surface area contributed by atoms with Crippen molar-refractivity contribution in [1.29, 1.82) is 0 Å². The molecule has 0 N–H and O–H groups in total. The van der Waals surface area contributed by atoms with Gasteiger partial charge in [0.25, 0.3) is 0 Å². The highest BCUT2D eigenvalue weighted by Gasteiger charge is 1.94. The van der Waals surface area contributed by atoms with Crippen molar-refractivity contribution in [1.82, 2.24) is 0 Å². The minimum Gasteiger partial charge on any atom is -0.462 e. The highest BCUT2D eigenvalue weighted by molar-refractivity contribution is 7.16. The molecule has 0 rings (SSSR count). The lowest BCUT2D eigenvalue weighted by Gasteiger charge is -2.04. The molecule has 0 aromatic carbocycles. The highest BCUT2D eigenvalue weighted by Crippen LogP contribution is 2.08. The van der Waals surface area contributed by atoms with Crippen molar-refractivity contribution in [3.8, 4) is 0 Å². The van der Waals surface area contributed by atoms with Gasteiger partial charge in [0.2, 0.25) is 6.10 Å². The summed E-state index contributed by atoms with van der Waals surface area (Å²) >= 11 is 0. The Kier molecular flexibility index (Phi) is 3.80. The van der Waals surface area contributed by atoms with E-state index in [2.05, 4.69) is 4.74 Å². The second kappa shape index (κ2) is 3.85. The Morgan fingerprint density at radius 1 is 1.88 bits per heavy atom. The van der Waals surface area contributed by atoms with Crippen molar-refractivity contribution in [3.05, 3.63) is 11.8 Å². The molecule has 0 heterocycles. The summed E-state index contributed by atoms with van der Waals surface area (Å²) in [5.74, 6) is 0.604. The molecule has 8 heavy (non-hydrogen) atoms. The minimum absolute atomic E-state index is 0.604. The summed E-state index contributed by atoms with van der Waals surface area (Å²) in [6.45, 7) is 3.50. The number of halogens is 1. The van der Waals surface area contributed by atoms with Crippen LogP contribution in [0.3, 0.4) is 0 Å². The monoisotopic (exact) mass is 136 g/mol. The lowest BCUT2D eigenvalue weighted by atomic mass is 10.5. The van der Waals surface area contributed by atoms with E-state index in [1.54, 1.807) is 19.9 Å². The fourth-order valence-electron chi connectivity index (χ4n) is 0.246. The Bertz CT molecular complexity index is 90.4. The molecule has 3 heteroatoms. The Morgan fingerprint density at radius 2 is 2.38 bits per heavy atom. The average molecular weight is 136 g/mol. The van der Waals surface area contributed by atoms with E-state index < -0.39 is 6.10 Å². The average Bonchev–Trinajstić information content (AvgIpc) is 1.65. The first-order valence-electron chi connectivity index (χ1n) is 2.36. The molecule has 0 saturated carbocycles. The number of hydrogen-bond acceptors (Lipinski definition) is 1. The Hall–Kier alpha value is -0.100. The first-order valence-corrected chi connectivity index (χ1v) is 3.02. The van der Waals surface area contributed by atoms with Crippen LogP contribution < -0.4 is 0 Å². The van der Waals surface area contributed by atoms with Gasteiger partial charge in [-0.1, -0.05) is 9.24 Å². The molecule has 0 fully saturated rings. The zero-order valence-electron chi connectivity index (χ0n) is 5.02.